The Morgan fingerprint density at radius 3 is 3.00 bits per heavy atom. The summed E-state index contributed by atoms with van der Waals surface area (Å²) in [4.78, 5) is 0. The monoisotopic (exact) mass is 315 g/mol. The number of halogens is 1. The van der Waals surface area contributed by atoms with Gasteiger partial charge in [0.05, 0.1) is 30.9 Å². The third-order valence-corrected chi connectivity index (χ3v) is 3.49. The van der Waals surface area contributed by atoms with E-state index in [1.54, 1.807) is 7.11 Å². The summed E-state index contributed by atoms with van der Waals surface area (Å²) in [7, 11) is 1.58. The molecule has 0 radical (unpaired) electrons. The van der Waals surface area contributed by atoms with Crippen molar-refractivity contribution in [3.05, 3.63) is 22.7 Å². The van der Waals surface area contributed by atoms with E-state index in [1.165, 1.54) is 0 Å². The van der Waals surface area contributed by atoms with E-state index in [1.807, 2.05) is 12.1 Å². The highest BCUT2D eigenvalue weighted by molar-refractivity contribution is 6.32. The Morgan fingerprint density at radius 2 is 2.19 bits per heavy atom. The fourth-order valence-electron chi connectivity index (χ4n) is 2.16. The van der Waals surface area contributed by atoms with E-state index in [2.05, 4.69) is 5.32 Å². The zero-order chi connectivity index (χ0) is 15.1. The molecule has 0 aromatic heterocycles. The third kappa shape index (κ3) is 5.04. The molecule has 1 aromatic carbocycles. The first-order chi connectivity index (χ1) is 10.2. The molecule has 21 heavy (non-hydrogen) atoms. The van der Waals surface area contributed by atoms with Gasteiger partial charge in [0.15, 0.2) is 11.5 Å². The smallest absolute Gasteiger partial charge is 0.179 e. The molecule has 118 valence electrons. The molecular formula is C15H22ClNO4. The molecule has 0 saturated heterocycles. The number of rotatable bonds is 7. The Bertz CT molecular complexity index is 456. The lowest BCUT2D eigenvalue weighted by Crippen LogP contribution is -2.23. The normalized spacial score (nSPS) is 15.6. The van der Waals surface area contributed by atoms with Gasteiger partial charge in [-0.15, -0.1) is 0 Å². The highest BCUT2D eigenvalue weighted by Crippen LogP contribution is 2.37. The second-order valence-electron chi connectivity index (χ2n) is 5.03. The number of benzene rings is 1. The summed E-state index contributed by atoms with van der Waals surface area (Å²) in [5.41, 5.74) is 1.03. The molecule has 1 unspecified atom stereocenters. The Labute approximate surface area is 130 Å². The van der Waals surface area contributed by atoms with Crippen molar-refractivity contribution in [3.63, 3.8) is 0 Å². The Morgan fingerprint density at radius 1 is 1.38 bits per heavy atom. The fraction of sp³-hybridized carbons (Fsp3) is 0.600. The first-order valence-electron chi connectivity index (χ1n) is 7.16. The van der Waals surface area contributed by atoms with Crippen LogP contribution in [0, 0.1) is 0 Å². The molecule has 1 atom stereocenters. The number of ether oxygens (including phenoxy) is 3. The van der Waals surface area contributed by atoms with Crippen molar-refractivity contribution in [2.45, 2.75) is 25.5 Å². The number of aliphatic hydroxyl groups excluding tert-OH is 1. The molecule has 1 aliphatic heterocycles. The second kappa shape index (κ2) is 8.44. The van der Waals surface area contributed by atoms with Gasteiger partial charge in [-0.25, -0.2) is 0 Å². The van der Waals surface area contributed by atoms with Gasteiger partial charge in [-0.05, 0) is 30.7 Å². The highest BCUT2D eigenvalue weighted by atomic mass is 35.5. The zero-order valence-corrected chi connectivity index (χ0v) is 13.0. The van der Waals surface area contributed by atoms with E-state index < -0.39 is 6.10 Å². The summed E-state index contributed by atoms with van der Waals surface area (Å²) in [5.74, 6) is 1.34. The Kier molecular flexibility index (Phi) is 6.57. The van der Waals surface area contributed by atoms with Crippen LogP contribution in [-0.4, -0.2) is 44.7 Å². The summed E-state index contributed by atoms with van der Waals surface area (Å²) < 4.78 is 16.1. The Balaban J connectivity index is 1.86. The molecule has 2 rings (SSSR count). The number of methoxy groups -OCH3 is 1. The first kappa shape index (κ1) is 16.4. The van der Waals surface area contributed by atoms with Gasteiger partial charge in [0.1, 0.15) is 0 Å². The standard InChI is InChI=1S/C15H22ClNO4/c1-19-10-12(18)3-4-17-9-11-7-13(16)15-14(8-11)20-5-2-6-21-15/h7-8,12,17-18H,2-6,9-10H2,1H3. The van der Waals surface area contributed by atoms with Gasteiger partial charge >= 0.3 is 0 Å². The minimum absolute atomic E-state index is 0.359. The number of hydrogen-bond acceptors (Lipinski definition) is 5. The van der Waals surface area contributed by atoms with Gasteiger partial charge in [0, 0.05) is 20.1 Å². The van der Waals surface area contributed by atoms with Crippen molar-refractivity contribution in [2.75, 3.05) is 33.5 Å². The number of hydrogen-bond donors (Lipinski definition) is 2. The fourth-order valence-corrected chi connectivity index (χ4v) is 2.45. The van der Waals surface area contributed by atoms with E-state index in [9.17, 15) is 5.11 Å². The molecule has 1 aliphatic rings. The SMILES string of the molecule is COCC(O)CCNCc1cc(Cl)c2c(c1)OCCCO2. The van der Waals surface area contributed by atoms with Crippen LogP contribution in [0.4, 0.5) is 0 Å². The lowest BCUT2D eigenvalue weighted by molar-refractivity contribution is 0.0594. The van der Waals surface area contributed by atoms with Crippen LogP contribution in [0.1, 0.15) is 18.4 Å². The van der Waals surface area contributed by atoms with Gasteiger partial charge in [-0.1, -0.05) is 11.6 Å². The Hall–Kier alpha value is -1.01. The van der Waals surface area contributed by atoms with Crippen molar-refractivity contribution >= 4 is 11.6 Å². The zero-order valence-electron chi connectivity index (χ0n) is 12.2. The summed E-state index contributed by atoms with van der Waals surface area (Å²) >= 11 is 6.24. The van der Waals surface area contributed by atoms with Crippen LogP contribution in [0.15, 0.2) is 12.1 Å². The second-order valence-corrected chi connectivity index (χ2v) is 5.44. The number of nitrogens with one attached hydrogen (secondary N) is 1. The molecule has 1 aromatic rings. The van der Waals surface area contributed by atoms with E-state index in [-0.39, 0.29) is 0 Å². The lowest BCUT2D eigenvalue weighted by atomic mass is 10.2. The van der Waals surface area contributed by atoms with E-state index in [0.29, 0.717) is 55.9 Å². The molecule has 0 bridgehead atoms. The van der Waals surface area contributed by atoms with E-state index in [4.69, 9.17) is 25.8 Å². The predicted molar refractivity (Wildman–Crippen MR) is 81.3 cm³/mol. The quantitative estimate of drug-likeness (QED) is 0.754. The summed E-state index contributed by atoms with van der Waals surface area (Å²) in [6, 6.07) is 3.83. The van der Waals surface area contributed by atoms with Crippen LogP contribution in [0.3, 0.4) is 0 Å². The summed E-state index contributed by atoms with van der Waals surface area (Å²) in [5, 5.41) is 13.4. The average molecular weight is 316 g/mol. The highest BCUT2D eigenvalue weighted by Gasteiger charge is 2.15. The first-order valence-corrected chi connectivity index (χ1v) is 7.54. The maximum absolute atomic E-state index is 9.56. The average Bonchev–Trinajstić information content (AvgIpc) is 2.70. The van der Waals surface area contributed by atoms with Crippen molar-refractivity contribution in [2.24, 2.45) is 0 Å². The molecule has 6 heteroatoms. The third-order valence-electron chi connectivity index (χ3n) is 3.20. The molecule has 0 aliphatic carbocycles. The molecule has 5 nitrogen and oxygen atoms in total. The maximum atomic E-state index is 9.56. The summed E-state index contributed by atoms with van der Waals surface area (Å²) in [6.45, 7) is 3.00. The maximum Gasteiger partial charge on any atom is 0.179 e. The van der Waals surface area contributed by atoms with Gasteiger partial charge in [0.25, 0.3) is 0 Å². The largest absolute Gasteiger partial charge is 0.489 e. The van der Waals surface area contributed by atoms with Gasteiger partial charge in [-0.3, -0.25) is 0 Å². The van der Waals surface area contributed by atoms with E-state index >= 15 is 0 Å². The minimum Gasteiger partial charge on any atom is -0.489 e. The summed E-state index contributed by atoms with van der Waals surface area (Å²) in [6.07, 6.45) is 1.07. The van der Waals surface area contributed by atoms with Crippen LogP contribution in [0.5, 0.6) is 11.5 Å². The van der Waals surface area contributed by atoms with Crippen LogP contribution < -0.4 is 14.8 Å². The van der Waals surface area contributed by atoms with Gasteiger partial charge in [0.2, 0.25) is 0 Å². The molecule has 0 saturated carbocycles. The van der Waals surface area contributed by atoms with Crippen molar-refractivity contribution in [3.8, 4) is 11.5 Å². The topological polar surface area (TPSA) is 60.0 Å². The van der Waals surface area contributed by atoms with Crippen molar-refractivity contribution < 1.29 is 19.3 Å². The minimum atomic E-state index is -0.435. The molecule has 0 fully saturated rings. The van der Waals surface area contributed by atoms with Crippen LogP contribution >= 0.6 is 11.6 Å². The van der Waals surface area contributed by atoms with Crippen molar-refractivity contribution in [1.29, 1.82) is 0 Å². The number of aliphatic hydroxyl groups is 1. The number of fused-ring (bicyclic) bond motifs is 1. The van der Waals surface area contributed by atoms with Gasteiger partial charge in [-0.2, -0.15) is 0 Å². The lowest BCUT2D eigenvalue weighted by Gasteiger charge is -2.13. The van der Waals surface area contributed by atoms with Crippen LogP contribution in [0.25, 0.3) is 0 Å². The predicted octanol–water partition coefficient (Wildman–Crippen LogP) is 1.99. The molecule has 0 spiro atoms. The van der Waals surface area contributed by atoms with Crippen LogP contribution in [-0.2, 0) is 11.3 Å². The molecule has 1 heterocycles. The van der Waals surface area contributed by atoms with Crippen molar-refractivity contribution in [1.82, 2.24) is 5.32 Å². The van der Waals surface area contributed by atoms with E-state index in [0.717, 1.165) is 12.0 Å². The molecule has 2 N–H and O–H groups in total. The van der Waals surface area contributed by atoms with Crippen LogP contribution in [0.2, 0.25) is 5.02 Å². The van der Waals surface area contributed by atoms with Gasteiger partial charge < -0.3 is 24.6 Å². The molecule has 0 amide bonds. The molecular weight excluding hydrogens is 294 g/mol.